The minimum Gasteiger partial charge on any atom is -0.493 e. The average molecular weight is 337 g/mol. The second-order valence-corrected chi connectivity index (χ2v) is 4.89. The number of carboxylic acids is 1. The molecule has 7 nitrogen and oxygen atoms in total. The molecule has 2 N–H and O–H groups in total. The Morgan fingerprint density at radius 1 is 1.17 bits per heavy atom. The number of rotatable bonds is 6. The normalized spacial score (nSPS) is 11.7. The molecule has 8 heteroatoms. The standard InChI is InChI=1S/C16H16FNO6/c1-8(9-6-13(22-2)14(23-3)7-10(9)17)18-15(19)11-4-5-12(24-11)16(20)21/h4-8H,1-3H3,(H,18,19)(H,20,21). The third-order valence-electron chi connectivity index (χ3n) is 3.36. The Labute approximate surface area is 137 Å². The molecule has 128 valence electrons. The zero-order valence-corrected chi connectivity index (χ0v) is 13.3. The summed E-state index contributed by atoms with van der Waals surface area (Å²) >= 11 is 0. The van der Waals surface area contributed by atoms with Crippen LogP contribution in [0.25, 0.3) is 0 Å². The lowest BCUT2D eigenvalue weighted by atomic mass is 10.1. The number of carbonyl (C=O) groups is 2. The van der Waals surface area contributed by atoms with Crippen molar-refractivity contribution >= 4 is 11.9 Å². The molecule has 0 bridgehead atoms. The molecule has 0 saturated heterocycles. The van der Waals surface area contributed by atoms with Gasteiger partial charge in [0.2, 0.25) is 5.76 Å². The molecular formula is C16H16FNO6. The highest BCUT2D eigenvalue weighted by molar-refractivity contribution is 5.93. The van der Waals surface area contributed by atoms with E-state index in [1.165, 1.54) is 32.4 Å². The highest BCUT2D eigenvalue weighted by Crippen LogP contribution is 2.32. The summed E-state index contributed by atoms with van der Waals surface area (Å²) in [7, 11) is 2.80. The summed E-state index contributed by atoms with van der Waals surface area (Å²) in [6, 6.07) is 4.27. The van der Waals surface area contributed by atoms with Crippen LogP contribution in [0.2, 0.25) is 0 Å². The first-order valence-electron chi connectivity index (χ1n) is 6.92. The van der Waals surface area contributed by atoms with Gasteiger partial charge < -0.3 is 24.3 Å². The highest BCUT2D eigenvalue weighted by Gasteiger charge is 2.21. The van der Waals surface area contributed by atoms with E-state index in [-0.39, 0.29) is 22.8 Å². The van der Waals surface area contributed by atoms with Crippen LogP contribution in [0.3, 0.4) is 0 Å². The SMILES string of the molecule is COc1cc(F)c(C(C)NC(=O)c2ccc(C(=O)O)o2)cc1OC. The predicted molar refractivity (Wildman–Crippen MR) is 81.1 cm³/mol. The Bertz CT molecular complexity index is 770. The Hall–Kier alpha value is -3.03. The van der Waals surface area contributed by atoms with E-state index in [0.717, 1.165) is 6.07 Å². The molecule has 1 atom stereocenters. The second kappa shape index (κ2) is 7.03. The van der Waals surface area contributed by atoms with Crippen LogP contribution in [0.1, 0.15) is 39.6 Å². The van der Waals surface area contributed by atoms with E-state index in [2.05, 4.69) is 5.32 Å². The topological polar surface area (TPSA) is 98.0 Å². The number of methoxy groups -OCH3 is 2. The maximum Gasteiger partial charge on any atom is 0.371 e. The number of hydrogen-bond donors (Lipinski definition) is 2. The minimum absolute atomic E-state index is 0.180. The summed E-state index contributed by atoms with van der Waals surface area (Å²) in [5, 5.41) is 11.3. The number of halogens is 1. The van der Waals surface area contributed by atoms with Gasteiger partial charge in [-0.3, -0.25) is 4.79 Å². The molecule has 1 aromatic carbocycles. The Morgan fingerprint density at radius 2 is 1.75 bits per heavy atom. The zero-order chi connectivity index (χ0) is 17.9. The first kappa shape index (κ1) is 17.3. The molecule has 1 amide bonds. The molecule has 0 saturated carbocycles. The van der Waals surface area contributed by atoms with Crippen molar-refractivity contribution in [2.75, 3.05) is 14.2 Å². The van der Waals surface area contributed by atoms with Gasteiger partial charge in [0.1, 0.15) is 5.82 Å². The van der Waals surface area contributed by atoms with E-state index in [0.29, 0.717) is 5.75 Å². The van der Waals surface area contributed by atoms with Crippen molar-refractivity contribution in [3.63, 3.8) is 0 Å². The van der Waals surface area contributed by atoms with Crippen LogP contribution in [0.4, 0.5) is 4.39 Å². The third-order valence-corrected chi connectivity index (χ3v) is 3.36. The predicted octanol–water partition coefficient (Wildman–Crippen LogP) is 2.63. The van der Waals surface area contributed by atoms with Gasteiger partial charge in [0, 0.05) is 11.6 Å². The second-order valence-electron chi connectivity index (χ2n) is 4.89. The van der Waals surface area contributed by atoms with Crippen molar-refractivity contribution in [3.05, 3.63) is 47.2 Å². The quantitative estimate of drug-likeness (QED) is 0.841. The van der Waals surface area contributed by atoms with E-state index in [1.54, 1.807) is 6.92 Å². The molecule has 0 spiro atoms. The molecule has 1 heterocycles. The molecule has 0 fully saturated rings. The van der Waals surface area contributed by atoms with Crippen molar-refractivity contribution in [1.29, 1.82) is 0 Å². The molecule has 2 rings (SSSR count). The van der Waals surface area contributed by atoms with Crippen molar-refractivity contribution in [2.45, 2.75) is 13.0 Å². The maximum absolute atomic E-state index is 14.2. The summed E-state index contributed by atoms with van der Waals surface area (Å²) in [4.78, 5) is 22.8. The van der Waals surface area contributed by atoms with Crippen molar-refractivity contribution in [3.8, 4) is 11.5 Å². The first-order valence-corrected chi connectivity index (χ1v) is 6.92. The fourth-order valence-corrected chi connectivity index (χ4v) is 2.12. The number of hydrogen-bond acceptors (Lipinski definition) is 5. The van der Waals surface area contributed by atoms with Crippen LogP contribution in [0.15, 0.2) is 28.7 Å². The monoisotopic (exact) mass is 337 g/mol. The van der Waals surface area contributed by atoms with Crippen LogP contribution in [0, 0.1) is 5.82 Å². The van der Waals surface area contributed by atoms with Gasteiger partial charge in [-0.05, 0) is 25.1 Å². The largest absolute Gasteiger partial charge is 0.493 e. The molecule has 24 heavy (non-hydrogen) atoms. The zero-order valence-electron chi connectivity index (χ0n) is 13.3. The number of nitrogens with one attached hydrogen (secondary N) is 1. The van der Waals surface area contributed by atoms with Crippen molar-refractivity contribution in [1.82, 2.24) is 5.32 Å². The lowest BCUT2D eigenvalue weighted by Crippen LogP contribution is -2.27. The molecule has 0 aliphatic heterocycles. The fraction of sp³-hybridized carbons (Fsp3) is 0.250. The maximum atomic E-state index is 14.2. The third kappa shape index (κ3) is 3.48. The van der Waals surface area contributed by atoms with E-state index < -0.39 is 23.7 Å². The first-order chi connectivity index (χ1) is 11.4. The average Bonchev–Trinajstić information content (AvgIpc) is 3.04. The number of carbonyl (C=O) groups excluding carboxylic acids is 1. The van der Waals surface area contributed by atoms with Gasteiger partial charge in [-0.15, -0.1) is 0 Å². The van der Waals surface area contributed by atoms with Crippen LogP contribution in [-0.4, -0.2) is 31.2 Å². The Morgan fingerprint density at radius 3 is 2.29 bits per heavy atom. The number of carboxylic acid groups (broad SMARTS) is 1. The molecule has 0 aliphatic carbocycles. The molecule has 0 aliphatic rings. The van der Waals surface area contributed by atoms with Gasteiger partial charge in [0.05, 0.1) is 20.3 Å². The minimum atomic E-state index is -1.28. The van der Waals surface area contributed by atoms with Gasteiger partial charge in [0.15, 0.2) is 17.3 Å². The van der Waals surface area contributed by atoms with E-state index in [9.17, 15) is 14.0 Å². The molecule has 1 unspecified atom stereocenters. The number of ether oxygens (including phenoxy) is 2. The number of aromatic carboxylic acids is 1. The van der Waals surface area contributed by atoms with Gasteiger partial charge >= 0.3 is 5.97 Å². The summed E-state index contributed by atoms with van der Waals surface area (Å²) in [5.74, 6) is -2.51. The van der Waals surface area contributed by atoms with E-state index >= 15 is 0 Å². The van der Waals surface area contributed by atoms with Crippen LogP contribution in [-0.2, 0) is 0 Å². The van der Waals surface area contributed by atoms with E-state index in [1.807, 2.05) is 0 Å². The lowest BCUT2D eigenvalue weighted by Gasteiger charge is -2.17. The Kier molecular flexibility index (Phi) is 5.08. The molecule has 0 radical (unpaired) electrons. The van der Waals surface area contributed by atoms with Gasteiger partial charge in [-0.25, -0.2) is 9.18 Å². The lowest BCUT2D eigenvalue weighted by molar-refractivity contribution is 0.0659. The highest BCUT2D eigenvalue weighted by atomic mass is 19.1. The Balaban J connectivity index is 2.20. The molecular weight excluding hydrogens is 321 g/mol. The summed E-state index contributed by atoms with van der Waals surface area (Å²) < 4.78 is 29.2. The summed E-state index contributed by atoms with van der Waals surface area (Å²) in [6.45, 7) is 1.57. The fourth-order valence-electron chi connectivity index (χ4n) is 2.12. The summed E-state index contributed by atoms with van der Waals surface area (Å²) in [6.07, 6.45) is 0. The van der Waals surface area contributed by atoms with Crippen LogP contribution >= 0.6 is 0 Å². The number of amides is 1. The van der Waals surface area contributed by atoms with Crippen molar-refractivity contribution < 1.29 is 33.0 Å². The van der Waals surface area contributed by atoms with Crippen molar-refractivity contribution in [2.24, 2.45) is 0 Å². The van der Waals surface area contributed by atoms with Gasteiger partial charge in [0.25, 0.3) is 5.91 Å². The van der Waals surface area contributed by atoms with Gasteiger partial charge in [-0.1, -0.05) is 0 Å². The van der Waals surface area contributed by atoms with Crippen LogP contribution < -0.4 is 14.8 Å². The van der Waals surface area contributed by atoms with Gasteiger partial charge in [-0.2, -0.15) is 0 Å². The molecule has 2 aromatic rings. The number of furan rings is 1. The number of benzene rings is 1. The van der Waals surface area contributed by atoms with E-state index in [4.69, 9.17) is 19.0 Å². The molecule has 1 aromatic heterocycles. The smallest absolute Gasteiger partial charge is 0.371 e. The summed E-state index contributed by atoms with van der Waals surface area (Å²) in [5.41, 5.74) is 0.186. The van der Waals surface area contributed by atoms with Crippen LogP contribution in [0.5, 0.6) is 11.5 Å².